The number of benzene rings is 2. The maximum atomic E-state index is 14.1. The van der Waals surface area contributed by atoms with Crippen LogP contribution in [0, 0.1) is 17.6 Å². The van der Waals surface area contributed by atoms with Gasteiger partial charge in [-0.3, -0.25) is 4.79 Å². The summed E-state index contributed by atoms with van der Waals surface area (Å²) in [6, 6.07) is 10.4. The molecule has 0 aliphatic heterocycles. The highest BCUT2D eigenvalue weighted by molar-refractivity contribution is 5.99. The first-order valence-electron chi connectivity index (χ1n) is 9.89. The lowest BCUT2D eigenvalue weighted by Gasteiger charge is -2.29. The third-order valence-electron chi connectivity index (χ3n) is 6.16. The number of nitrogens with two attached hydrogens (primary N) is 1. The van der Waals surface area contributed by atoms with Crippen molar-refractivity contribution in [2.45, 2.75) is 56.9 Å². The Labute approximate surface area is 158 Å². The number of carbonyl (C=O) groups is 1. The van der Waals surface area contributed by atoms with E-state index in [1.807, 2.05) is 12.1 Å². The molecular weight excluding hydrogens is 344 g/mol. The summed E-state index contributed by atoms with van der Waals surface area (Å²) in [5, 5.41) is 0. The molecule has 2 aliphatic carbocycles. The van der Waals surface area contributed by atoms with Gasteiger partial charge in [0.25, 0.3) is 0 Å². The highest BCUT2D eigenvalue weighted by Gasteiger charge is 2.33. The molecule has 2 aliphatic rings. The number of ketones is 1. The fourth-order valence-corrected chi connectivity index (χ4v) is 4.42. The zero-order valence-corrected chi connectivity index (χ0v) is 15.4. The minimum absolute atomic E-state index is 0.0111. The predicted molar refractivity (Wildman–Crippen MR) is 102 cm³/mol. The van der Waals surface area contributed by atoms with Crippen molar-refractivity contribution < 1.29 is 13.6 Å². The molecule has 2 N–H and O–H groups in total. The van der Waals surface area contributed by atoms with Crippen LogP contribution in [-0.4, -0.2) is 5.78 Å². The maximum Gasteiger partial charge on any atom is 0.166 e. The molecule has 0 unspecified atom stereocenters. The van der Waals surface area contributed by atoms with Gasteiger partial charge in [-0.05, 0) is 79.2 Å². The average Bonchev–Trinajstić information content (AvgIpc) is 3.54. The van der Waals surface area contributed by atoms with Gasteiger partial charge in [0.15, 0.2) is 17.4 Å². The van der Waals surface area contributed by atoms with E-state index < -0.39 is 11.6 Å². The first-order chi connectivity index (χ1) is 13.1. The summed E-state index contributed by atoms with van der Waals surface area (Å²) in [7, 11) is 0. The third kappa shape index (κ3) is 3.68. The lowest BCUT2D eigenvalue weighted by Crippen LogP contribution is -2.23. The predicted octanol–water partition coefficient (Wildman–Crippen LogP) is 5.46. The molecule has 0 atom stereocenters. The zero-order chi connectivity index (χ0) is 19.0. The fourth-order valence-electron chi connectivity index (χ4n) is 4.42. The number of halogens is 2. The average molecular weight is 369 g/mol. The Balaban J connectivity index is 1.50. The van der Waals surface area contributed by atoms with Crippen molar-refractivity contribution in [2.24, 2.45) is 11.7 Å². The zero-order valence-electron chi connectivity index (χ0n) is 15.4. The first-order valence-corrected chi connectivity index (χ1v) is 9.89. The fraction of sp³-hybridized carbons (Fsp3) is 0.435. The van der Waals surface area contributed by atoms with Crippen LogP contribution < -0.4 is 5.73 Å². The van der Waals surface area contributed by atoms with Crippen molar-refractivity contribution in [3.63, 3.8) is 0 Å². The number of rotatable bonds is 5. The lowest BCUT2D eigenvalue weighted by molar-refractivity contribution is 0.0882. The third-order valence-corrected chi connectivity index (χ3v) is 6.16. The quantitative estimate of drug-likeness (QED) is 0.712. The molecule has 0 spiro atoms. The molecule has 0 amide bonds. The summed E-state index contributed by atoms with van der Waals surface area (Å²) < 4.78 is 27.6. The molecular formula is C23H25F2NO. The number of hydrogen-bond acceptors (Lipinski definition) is 2. The van der Waals surface area contributed by atoms with Crippen LogP contribution >= 0.6 is 0 Å². The molecule has 27 heavy (non-hydrogen) atoms. The largest absolute Gasteiger partial charge is 0.326 e. The van der Waals surface area contributed by atoms with Crippen LogP contribution in [-0.2, 0) is 6.54 Å². The van der Waals surface area contributed by atoms with Gasteiger partial charge in [-0.15, -0.1) is 0 Å². The second-order valence-corrected chi connectivity index (χ2v) is 7.96. The minimum atomic E-state index is -0.793. The van der Waals surface area contributed by atoms with Gasteiger partial charge in [0.05, 0.1) is 0 Å². The maximum absolute atomic E-state index is 14.1. The molecule has 2 fully saturated rings. The molecule has 4 rings (SSSR count). The van der Waals surface area contributed by atoms with Crippen LogP contribution in [0.15, 0.2) is 36.4 Å². The molecule has 0 bridgehead atoms. The van der Waals surface area contributed by atoms with Gasteiger partial charge in [-0.1, -0.05) is 24.3 Å². The molecule has 0 saturated heterocycles. The normalized spacial score (nSPS) is 22.6. The van der Waals surface area contributed by atoms with E-state index >= 15 is 0 Å². The molecule has 0 heterocycles. The van der Waals surface area contributed by atoms with Gasteiger partial charge >= 0.3 is 0 Å². The van der Waals surface area contributed by atoms with Gasteiger partial charge in [0.2, 0.25) is 0 Å². The Kier molecular flexibility index (Phi) is 5.09. The molecule has 0 aromatic heterocycles. The number of hydrogen-bond donors (Lipinski definition) is 1. The van der Waals surface area contributed by atoms with E-state index in [1.165, 1.54) is 0 Å². The highest BCUT2D eigenvalue weighted by atomic mass is 19.2. The molecule has 4 heteroatoms. The Morgan fingerprint density at radius 2 is 1.59 bits per heavy atom. The number of Topliss-reactive ketones (excluding diaryl/α,β-unsaturated/α-hetero) is 1. The van der Waals surface area contributed by atoms with Crippen molar-refractivity contribution >= 4 is 5.78 Å². The molecule has 0 radical (unpaired) electrons. The second-order valence-electron chi connectivity index (χ2n) is 7.96. The van der Waals surface area contributed by atoms with Gasteiger partial charge in [0.1, 0.15) is 0 Å². The van der Waals surface area contributed by atoms with Crippen molar-refractivity contribution in [1.82, 2.24) is 0 Å². The molecule has 2 aromatic carbocycles. The van der Waals surface area contributed by atoms with Crippen molar-refractivity contribution in [3.05, 3.63) is 70.3 Å². The summed E-state index contributed by atoms with van der Waals surface area (Å²) in [4.78, 5) is 13.2. The van der Waals surface area contributed by atoms with Crippen LogP contribution in [0.3, 0.4) is 0 Å². The van der Waals surface area contributed by atoms with Crippen LogP contribution in [0.4, 0.5) is 8.78 Å². The summed E-state index contributed by atoms with van der Waals surface area (Å²) in [6.45, 7) is 0.427. The minimum Gasteiger partial charge on any atom is -0.326 e. The Morgan fingerprint density at radius 1 is 0.926 bits per heavy atom. The Hall–Kier alpha value is -2.07. The van der Waals surface area contributed by atoms with Gasteiger partial charge < -0.3 is 5.73 Å². The van der Waals surface area contributed by atoms with E-state index in [2.05, 4.69) is 6.07 Å². The van der Waals surface area contributed by atoms with Crippen LogP contribution in [0.2, 0.25) is 0 Å². The van der Waals surface area contributed by atoms with Gasteiger partial charge in [-0.2, -0.15) is 0 Å². The highest BCUT2D eigenvalue weighted by Crippen LogP contribution is 2.44. The molecule has 2 aromatic rings. The van der Waals surface area contributed by atoms with E-state index in [-0.39, 0.29) is 17.6 Å². The summed E-state index contributed by atoms with van der Waals surface area (Å²) in [5.41, 5.74) is 9.20. The van der Waals surface area contributed by atoms with E-state index in [4.69, 9.17) is 5.73 Å². The molecule has 2 saturated carbocycles. The second kappa shape index (κ2) is 7.51. The van der Waals surface area contributed by atoms with Crippen molar-refractivity contribution in [1.29, 1.82) is 0 Å². The van der Waals surface area contributed by atoms with E-state index in [9.17, 15) is 13.6 Å². The SMILES string of the molecule is NCc1ccc(C2CC2)c(C(=O)C2CCC(c3cccc(F)c3F)CC2)c1. The lowest BCUT2D eigenvalue weighted by atomic mass is 9.75. The summed E-state index contributed by atoms with van der Waals surface area (Å²) in [5.74, 6) is -0.873. The van der Waals surface area contributed by atoms with Crippen LogP contribution in [0.1, 0.15) is 77.4 Å². The topological polar surface area (TPSA) is 43.1 Å². The summed E-state index contributed by atoms with van der Waals surface area (Å²) in [6.07, 6.45) is 5.16. The first kappa shape index (κ1) is 18.3. The van der Waals surface area contributed by atoms with E-state index in [0.717, 1.165) is 48.4 Å². The summed E-state index contributed by atoms with van der Waals surface area (Å²) >= 11 is 0. The number of carbonyl (C=O) groups excluding carboxylic acids is 1. The smallest absolute Gasteiger partial charge is 0.166 e. The Morgan fingerprint density at radius 3 is 2.26 bits per heavy atom. The standard InChI is InChI=1S/C23H25F2NO/c24-21-3-1-2-19(22(21)25)16-7-9-17(10-8-16)23(27)20-12-14(13-26)4-11-18(20)15-5-6-15/h1-4,11-12,15-17H,5-10,13,26H2. The van der Waals surface area contributed by atoms with Gasteiger partial charge in [-0.25, -0.2) is 8.78 Å². The van der Waals surface area contributed by atoms with Crippen molar-refractivity contribution in [3.8, 4) is 0 Å². The monoisotopic (exact) mass is 369 g/mol. The molecule has 2 nitrogen and oxygen atoms in total. The molecule has 142 valence electrons. The van der Waals surface area contributed by atoms with Crippen LogP contribution in [0.25, 0.3) is 0 Å². The van der Waals surface area contributed by atoms with Crippen molar-refractivity contribution in [2.75, 3.05) is 0 Å². The van der Waals surface area contributed by atoms with Crippen LogP contribution in [0.5, 0.6) is 0 Å². The Bertz CT molecular complexity index is 851. The van der Waals surface area contributed by atoms with E-state index in [1.54, 1.807) is 12.1 Å². The van der Waals surface area contributed by atoms with Gasteiger partial charge in [0, 0.05) is 18.0 Å². The van der Waals surface area contributed by atoms with E-state index in [0.29, 0.717) is 30.9 Å².